The van der Waals surface area contributed by atoms with Crippen molar-refractivity contribution < 1.29 is 22.8 Å². The molecule has 0 aliphatic carbocycles. The molecule has 0 bridgehead atoms. The number of aryl methyl sites for hydroxylation is 1. The van der Waals surface area contributed by atoms with E-state index in [0.717, 1.165) is 35.6 Å². The lowest BCUT2D eigenvalue weighted by molar-refractivity contribution is -0.137. The molecule has 0 saturated carbocycles. The van der Waals surface area contributed by atoms with Gasteiger partial charge >= 0.3 is 6.18 Å². The summed E-state index contributed by atoms with van der Waals surface area (Å²) in [6.07, 6.45) is -4.45. The third kappa shape index (κ3) is 3.51. The number of hydrogen-bond donors (Lipinski definition) is 1. The van der Waals surface area contributed by atoms with Gasteiger partial charge in [0.25, 0.3) is 5.91 Å². The Bertz CT molecular complexity index is 721. The summed E-state index contributed by atoms with van der Waals surface area (Å²) in [5, 5.41) is 2.70. The molecule has 1 amide bonds. The number of halogens is 3. The number of anilines is 1. The first kappa shape index (κ1) is 16.2. The number of carbonyl (C=O) groups excluding carboxylic acids is 2. The smallest absolute Gasteiger partial charge is 0.298 e. The first-order valence-corrected chi connectivity index (χ1v) is 6.97. The number of benzene rings is 1. The molecule has 0 unspecified atom stereocenters. The Balaban J connectivity index is 2.16. The van der Waals surface area contributed by atoms with Gasteiger partial charge in [-0.05, 0) is 31.2 Å². The van der Waals surface area contributed by atoms with Gasteiger partial charge < -0.3 is 0 Å². The minimum atomic E-state index is -4.45. The lowest BCUT2D eigenvalue weighted by Crippen LogP contribution is -2.12. The number of thiazole rings is 1. The van der Waals surface area contributed by atoms with E-state index in [1.54, 1.807) is 6.92 Å². The zero-order valence-electron chi connectivity index (χ0n) is 11.6. The summed E-state index contributed by atoms with van der Waals surface area (Å²) in [6, 6.07) is 3.85. The fourth-order valence-corrected chi connectivity index (χ4v) is 2.61. The van der Waals surface area contributed by atoms with Crippen molar-refractivity contribution in [2.24, 2.45) is 0 Å². The van der Waals surface area contributed by atoms with E-state index in [2.05, 4.69) is 10.3 Å². The van der Waals surface area contributed by atoms with Gasteiger partial charge in [-0.1, -0.05) is 11.3 Å². The molecule has 1 aromatic heterocycles. The quantitative estimate of drug-likeness (QED) is 0.869. The van der Waals surface area contributed by atoms with Crippen LogP contribution in [-0.4, -0.2) is 16.7 Å². The Hall–Kier alpha value is -2.22. The average molecular weight is 328 g/mol. The molecule has 1 aromatic carbocycles. The number of rotatable bonds is 3. The lowest BCUT2D eigenvalue weighted by atomic mass is 10.1. The van der Waals surface area contributed by atoms with Gasteiger partial charge in [0.05, 0.1) is 16.1 Å². The number of nitrogens with one attached hydrogen (secondary N) is 1. The van der Waals surface area contributed by atoms with Gasteiger partial charge in [0.2, 0.25) is 0 Å². The van der Waals surface area contributed by atoms with Gasteiger partial charge in [0.15, 0.2) is 10.9 Å². The summed E-state index contributed by atoms with van der Waals surface area (Å²) in [6.45, 7) is 3.03. The summed E-state index contributed by atoms with van der Waals surface area (Å²) < 4.78 is 37.3. The molecule has 8 heteroatoms. The number of ketones is 1. The lowest BCUT2D eigenvalue weighted by Gasteiger charge is -2.07. The summed E-state index contributed by atoms with van der Waals surface area (Å²) in [4.78, 5) is 27.7. The Morgan fingerprint density at radius 3 is 2.23 bits per heavy atom. The van der Waals surface area contributed by atoms with Crippen molar-refractivity contribution in [3.8, 4) is 0 Å². The summed E-state index contributed by atoms with van der Waals surface area (Å²) >= 11 is 1.03. The molecule has 22 heavy (non-hydrogen) atoms. The van der Waals surface area contributed by atoms with Crippen molar-refractivity contribution in [3.05, 3.63) is 46.0 Å². The molecular formula is C14H11F3N2O2S. The van der Waals surface area contributed by atoms with Crippen LogP contribution < -0.4 is 5.32 Å². The van der Waals surface area contributed by atoms with E-state index in [9.17, 15) is 22.8 Å². The predicted molar refractivity (Wildman–Crippen MR) is 76.3 cm³/mol. The van der Waals surface area contributed by atoms with Gasteiger partial charge in [-0.25, -0.2) is 4.98 Å². The SMILES string of the molecule is CC(=O)c1sc(NC(=O)c2ccc(C(F)(F)F)cc2)nc1C. The number of hydrogen-bond acceptors (Lipinski definition) is 4. The topological polar surface area (TPSA) is 59.1 Å². The molecule has 0 saturated heterocycles. The monoisotopic (exact) mass is 328 g/mol. The van der Waals surface area contributed by atoms with Gasteiger partial charge in [-0.2, -0.15) is 13.2 Å². The second-order valence-corrected chi connectivity index (χ2v) is 5.52. The van der Waals surface area contributed by atoms with Crippen LogP contribution in [0.5, 0.6) is 0 Å². The van der Waals surface area contributed by atoms with Crippen LogP contribution in [-0.2, 0) is 6.18 Å². The highest BCUT2D eigenvalue weighted by Crippen LogP contribution is 2.29. The average Bonchev–Trinajstić information content (AvgIpc) is 2.79. The van der Waals surface area contributed by atoms with Crippen molar-refractivity contribution in [2.45, 2.75) is 20.0 Å². The fraction of sp³-hybridized carbons (Fsp3) is 0.214. The Morgan fingerprint density at radius 2 is 1.77 bits per heavy atom. The van der Waals surface area contributed by atoms with E-state index in [-0.39, 0.29) is 16.5 Å². The van der Waals surface area contributed by atoms with Crippen LogP contribution >= 0.6 is 11.3 Å². The molecule has 0 aliphatic heterocycles. The molecule has 0 radical (unpaired) electrons. The van der Waals surface area contributed by atoms with Gasteiger partial charge in [0, 0.05) is 12.5 Å². The molecule has 1 heterocycles. The maximum Gasteiger partial charge on any atom is 0.416 e. The number of carbonyl (C=O) groups is 2. The van der Waals surface area contributed by atoms with E-state index in [4.69, 9.17) is 0 Å². The summed E-state index contributed by atoms with van der Waals surface area (Å²) in [7, 11) is 0. The van der Waals surface area contributed by atoms with Crippen LogP contribution in [0.1, 0.15) is 38.2 Å². The van der Waals surface area contributed by atoms with Crippen molar-refractivity contribution in [1.82, 2.24) is 4.98 Å². The van der Waals surface area contributed by atoms with Crippen molar-refractivity contribution >= 4 is 28.2 Å². The van der Waals surface area contributed by atoms with Crippen LogP contribution in [0.3, 0.4) is 0 Å². The minimum absolute atomic E-state index is 0.0743. The van der Waals surface area contributed by atoms with E-state index in [1.165, 1.54) is 6.92 Å². The van der Waals surface area contributed by atoms with E-state index < -0.39 is 17.6 Å². The van der Waals surface area contributed by atoms with E-state index in [1.807, 2.05) is 0 Å². The first-order chi connectivity index (χ1) is 10.2. The fourth-order valence-electron chi connectivity index (χ4n) is 1.76. The van der Waals surface area contributed by atoms with E-state index in [0.29, 0.717) is 10.6 Å². The highest BCUT2D eigenvalue weighted by Gasteiger charge is 2.30. The summed E-state index contributed by atoms with van der Waals surface area (Å²) in [5.74, 6) is -0.748. The highest BCUT2D eigenvalue weighted by atomic mass is 32.1. The Morgan fingerprint density at radius 1 is 1.18 bits per heavy atom. The molecule has 1 N–H and O–H groups in total. The number of aromatic nitrogens is 1. The zero-order chi connectivity index (χ0) is 16.5. The molecule has 2 rings (SSSR count). The second kappa shape index (κ2) is 5.88. The number of amides is 1. The highest BCUT2D eigenvalue weighted by molar-refractivity contribution is 7.17. The maximum atomic E-state index is 12.4. The molecule has 116 valence electrons. The van der Waals surface area contributed by atoms with Crippen LogP contribution in [0.4, 0.5) is 18.3 Å². The number of Topliss-reactive ketones (excluding diaryl/α,β-unsaturated/α-hetero) is 1. The predicted octanol–water partition coefficient (Wildman–Crippen LogP) is 3.93. The zero-order valence-corrected chi connectivity index (χ0v) is 12.4. The number of nitrogens with zero attached hydrogens (tertiary/aromatic N) is 1. The normalized spacial score (nSPS) is 11.3. The van der Waals surface area contributed by atoms with E-state index >= 15 is 0 Å². The van der Waals surface area contributed by atoms with Crippen molar-refractivity contribution in [3.63, 3.8) is 0 Å². The van der Waals surface area contributed by atoms with Crippen LogP contribution in [0.25, 0.3) is 0 Å². The third-order valence-corrected chi connectivity index (χ3v) is 3.98. The van der Waals surface area contributed by atoms with Crippen LogP contribution in [0.2, 0.25) is 0 Å². The molecule has 0 fully saturated rings. The second-order valence-electron chi connectivity index (χ2n) is 4.52. The Labute approximate surface area is 128 Å². The molecular weight excluding hydrogens is 317 g/mol. The summed E-state index contributed by atoms with van der Waals surface area (Å²) in [5.41, 5.74) is -0.251. The maximum absolute atomic E-state index is 12.4. The largest absolute Gasteiger partial charge is 0.416 e. The van der Waals surface area contributed by atoms with Crippen LogP contribution in [0, 0.1) is 6.92 Å². The molecule has 4 nitrogen and oxygen atoms in total. The minimum Gasteiger partial charge on any atom is -0.298 e. The molecule has 0 spiro atoms. The van der Waals surface area contributed by atoms with Crippen molar-refractivity contribution in [1.29, 1.82) is 0 Å². The third-order valence-electron chi connectivity index (χ3n) is 2.81. The molecule has 0 atom stereocenters. The standard InChI is InChI=1S/C14H11F3N2O2S/c1-7-11(8(2)20)22-13(18-7)19-12(21)9-3-5-10(6-4-9)14(15,16)17/h3-6H,1-2H3,(H,18,19,21). The first-order valence-electron chi connectivity index (χ1n) is 6.15. The van der Waals surface area contributed by atoms with Gasteiger partial charge in [-0.3, -0.25) is 14.9 Å². The number of alkyl halides is 3. The van der Waals surface area contributed by atoms with Crippen LogP contribution in [0.15, 0.2) is 24.3 Å². The Kier molecular flexibility index (Phi) is 4.32. The van der Waals surface area contributed by atoms with Gasteiger partial charge in [0.1, 0.15) is 0 Å². The van der Waals surface area contributed by atoms with Crippen molar-refractivity contribution in [2.75, 3.05) is 5.32 Å². The molecule has 0 aliphatic rings. The molecule has 2 aromatic rings. The van der Waals surface area contributed by atoms with Gasteiger partial charge in [-0.15, -0.1) is 0 Å².